The highest BCUT2D eigenvalue weighted by atomic mass is 16.1. The smallest absolute Gasteiger partial charge is 0.253 e. The molecule has 0 atom stereocenters. The molecule has 2 aliphatic rings. The molecule has 0 bridgehead atoms. The van der Waals surface area contributed by atoms with Crippen molar-refractivity contribution in [3.8, 4) is 0 Å². The molecule has 1 saturated carbocycles. The van der Waals surface area contributed by atoms with Crippen molar-refractivity contribution in [2.45, 2.75) is 118 Å². The average Bonchev–Trinajstić information content (AvgIpc) is 3.29. The maximum Gasteiger partial charge on any atom is 0.253 e. The summed E-state index contributed by atoms with van der Waals surface area (Å²) in [6.07, 6.45) is 9.24. The monoisotopic (exact) mass is 572 g/mol. The molecule has 3 N–H and O–H groups in total. The van der Waals surface area contributed by atoms with Crippen molar-refractivity contribution in [3.05, 3.63) is 62.8 Å². The molecule has 0 spiro atoms. The lowest BCUT2D eigenvalue weighted by Crippen LogP contribution is -2.53. The Kier molecular flexibility index (Phi) is 7.75. The van der Waals surface area contributed by atoms with Crippen LogP contribution >= 0.6 is 0 Å². The third-order valence-corrected chi connectivity index (χ3v) is 9.16. The largest absolute Gasteiger partial charge is 0.348 e. The van der Waals surface area contributed by atoms with Gasteiger partial charge in [-0.1, -0.05) is 26.8 Å². The summed E-state index contributed by atoms with van der Waals surface area (Å²) in [5.74, 6) is 0.463. The Labute approximate surface area is 249 Å². The van der Waals surface area contributed by atoms with Gasteiger partial charge in [0.15, 0.2) is 5.65 Å². The quantitative estimate of drug-likeness (QED) is 0.329. The number of fused-ring (bicyclic) bond motifs is 1. The molecule has 8 nitrogen and oxygen atoms in total. The van der Waals surface area contributed by atoms with Crippen LogP contribution in [0.2, 0.25) is 0 Å². The van der Waals surface area contributed by atoms with Gasteiger partial charge in [0.05, 0.1) is 28.9 Å². The highest BCUT2D eigenvalue weighted by molar-refractivity contribution is 6.06. The third-order valence-electron chi connectivity index (χ3n) is 9.16. The van der Waals surface area contributed by atoms with Crippen molar-refractivity contribution >= 4 is 22.5 Å². The molecule has 0 radical (unpaired) electrons. The number of H-pyrrole nitrogens is 1. The Morgan fingerprint density at radius 1 is 1.10 bits per heavy atom. The van der Waals surface area contributed by atoms with Gasteiger partial charge in [0.25, 0.3) is 11.5 Å². The molecule has 0 aromatic carbocycles. The maximum absolute atomic E-state index is 13.8. The fourth-order valence-electron chi connectivity index (χ4n) is 7.27. The van der Waals surface area contributed by atoms with Gasteiger partial charge >= 0.3 is 0 Å². The van der Waals surface area contributed by atoms with Gasteiger partial charge < -0.3 is 15.6 Å². The predicted molar refractivity (Wildman–Crippen MR) is 170 cm³/mol. The Balaban J connectivity index is 1.55. The van der Waals surface area contributed by atoms with Crippen LogP contribution in [-0.2, 0) is 6.54 Å². The van der Waals surface area contributed by atoms with E-state index in [9.17, 15) is 9.59 Å². The summed E-state index contributed by atoms with van der Waals surface area (Å²) in [5.41, 5.74) is 5.25. The van der Waals surface area contributed by atoms with Gasteiger partial charge in [0, 0.05) is 28.9 Å². The van der Waals surface area contributed by atoms with Crippen LogP contribution in [0.5, 0.6) is 0 Å². The topological polar surface area (TPSA) is 105 Å². The highest BCUT2D eigenvalue weighted by Crippen LogP contribution is 2.42. The summed E-state index contributed by atoms with van der Waals surface area (Å²) in [6.45, 7) is 19.6. The number of aromatic amines is 1. The van der Waals surface area contributed by atoms with E-state index in [2.05, 4.69) is 74.8 Å². The summed E-state index contributed by atoms with van der Waals surface area (Å²) in [6, 6.07) is 4.09. The van der Waals surface area contributed by atoms with Crippen molar-refractivity contribution in [1.82, 2.24) is 30.4 Å². The molecule has 0 unspecified atom stereocenters. The second-order valence-electron chi connectivity index (χ2n) is 15.0. The van der Waals surface area contributed by atoms with Crippen LogP contribution in [0.4, 0.5) is 0 Å². The minimum absolute atomic E-state index is 0.123. The first-order valence-corrected chi connectivity index (χ1v) is 15.4. The molecule has 4 heterocycles. The first-order valence-electron chi connectivity index (χ1n) is 15.4. The maximum atomic E-state index is 13.8. The normalized spacial score (nSPS) is 22.2. The number of hydrogen-bond acceptors (Lipinski definition) is 5. The lowest BCUT2D eigenvalue weighted by molar-refractivity contribution is 0.0952. The summed E-state index contributed by atoms with van der Waals surface area (Å²) >= 11 is 0. The Hall–Kier alpha value is -3.26. The highest BCUT2D eigenvalue weighted by Gasteiger charge is 2.35. The Morgan fingerprint density at radius 3 is 2.40 bits per heavy atom. The van der Waals surface area contributed by atoms with E-state index in [1.807, 2.05) is 26.0 Å². The molecule has 8 heteroatoms. The van der Waals surface area contributed by atoms with E-state index in [4.69, 9.17) is 10.1 Å². The number of nitrogens with zero attached hydrogens (tertiary/aromatic N) is 3. The van der Waals surface area contributed by atoms with Gasteiger partial charge in [-0.2, -0.15) is 5.10 Å². The number of aryl methyl sites for hydroxylation is 2. The number of carbonyl (C=O) groups excluding carboxylic acids is 1. The molecule has 1 aliphatic heterocycles. The predicted octanol–water partition coefficient (Wildman–Crippen LogP) is 6.38. The zero-order valence-electron chi connectivity index (χ0n) is 26.9. The summed E-state index contributed by atoms with van der Waals surface area (Å²) in [4.78, 5) is 34.5. The fourth-order valence-corrected chi connectivity index (χ4v) is 7.27. The van der Waals surface area contributed by atoms with E-state index in [-0.39, 0.29) is 35.1 Å². The summed E-state index contributed by atoms with van der Waals surface area (Å²) < 4.78 is 2.07. The molecule has 1 amide bonds. The van der Waals surface area contributed by atoms with Crippen molar-refractivity contribution in [2.75, 3.05) is 0 Å². The number of pyridine rings is 2. The lowest BCUT2D eigenvalue weighted by Gasteiger charge is -2.41. The first kappa shape index (κ1) is 30.2. The van der Waals surface area contributed by atoms with Crippen LogP contribution in [0.15, 0.2) is 29.2 Å². The second kappa shape index (κ2) is 10.8. The molecule has 226 valence electrons. The van der Waals surface area contributed by atoms with Gasteiger partial charge in [0.1, 0.15) is 0 Å². The molecule has 5 rings (SSSR count). The molecule has 1 fully saturated rings. The summed E-state index contributed by atoms with van der Waals surface area (Å²) in [7, 11) is 0. The zero-order chi connectivity index (χ0) is 30.6. The van der Waals surface area contributed by atoms with Crippen molar-refractivity contribution in [2.24, 2.45) is 11.3 Å². The van der Waals surface area contributed by atoms with Crippen LogP contribution in [0.25, 0.3) is 16.6 Å². The van der Waals surface area contributed by atoms with Gasteiger partial charge in [-0.05, 0) is 108 Å². The van der Waals surface area contributed by atoms with E-state index < -0.39 is 0 Å². The Morgan fingerprint density at radius 2 is 1.79 bits per heavy atom. The van der Waals surface area contributed by atoms with Crippen molar-refractivity contribution in [3.63, 3.8) is 0 Å². The molecule has 1 aliphatic carbocycles. The van der Waals surface area contributed by atoms with Crippen LogP contribution in [0.1, 0.15) is 119 Å². The van der Waals surface area contributed by atoms with E-state index in [1.165, 1.54) is 0 Å². The van der Waals surface area contributed by atoms with Crippen LogP contribution in [0, 0.1) is 25.2 Å². The van der Waals surface area contributed by atoms with Gasteiger partial charge in [0.2, 0.25) is 0 Å². The second-order valence-corrected chi connectivity index (χ2v) is 15.0. The van der Waals surface area contributed by atoms with Crippen LogP contribution in [-0.4, -0.2) is 36.7 Å². The van der Waals surface area contributed by atoms with E-state index >= 15 is 0 Å². The number of rotatable bonds is 5. The number of hydrogen-bond donors (Lipinski definition) is 3. The lowest BCUT2D eigenvalue weighted by atomic mass is 9.71. The van der Waals surface area contributed by atoms with E-state index in [1.54, 1.807) is 6.20 Å². The molecule has 3 aromatic rings. The number of carbonyl (C=O) groups is 1. The first-order chi connectivity index (χ1) is 19.5. The minimum Gasteiger partial charge on any atom is -0.348 e. The summed E-state index contributed by atoms with van der Waals surface area (Å²) in [5, 5.41) is 12.3. The molecule has 42 heavy (non-hydrogen) atoms. The Bertz CT molecular complexity index is 1590. The molecule has 0 saturated heterocycles. The minimum atomic E-state index is -0.230. The number of amides is 1. The SMILES string of the molecule is Cc1cc(C)c(CNC(=O)c2cc(C3=CC(C)(C)NC(C)(C)C3)nc3c2cnn3C2CCC(C(C)(C)C)CC2)c(=O)[nH]1. The molecular formula is C34H48N6O2. The van der Waals surface area contributed by atoms with E-state index in [0.29, 0.717) is 22.5 Å². The number of aromatic nitrogens is 4. The molecule has 3 aromatic heterocycles. The number of nitrogens with one attached hydrogen (secondary N) is 3. The average molecular weight is 573 g/mol. The van der Waals surface area contributed by atoms with Crippen LogP contribution in [0.3, 0.4) is 0 Å². The standard InChI is InChI=1S/C34H48N6O2/c1-20-14-21(2)37-31(42)26(20)18-35-30(41)25-15-28(22-16-33(6,7)39-34(8,9)17-22)38-29-27(25)19-36-40(29)24-12-10-23(11-13-24)32(3,4)5/h14-16,19,23-24,39H,10-13,17-18H2,1-9H3,(H,35,41)(H,37,42). The molecular weight excluding hydrogens is 524 g/mol. The van der Waals surface area contributed by atoms with Crippen LogP contribution < -0.4 is 16.2 Å². The fraction of sp³-hybridized carbons (Fsp3) is 0.588. The van der Waals surface area contributed by atoms with Gasteiger partial charge in [-0.15, -0.1) is 0 Å². The van der Waals surface area contributed by atoms with E-state index in [0.717, 1.165) is 65.7 Å². The van der Waals surface area contributed by atoms with Crippen molar-refractivity contribution in [1.29, 1.82) is 0 Å². The third kappa shape index (κ3) is 6.24. The van der Waals surface area contributed by atoms with Gasteiger partial charge in [-0.25, -0.2) is 9.67 Å². The van der Waals surface area contributed by atoms with Gasteiger partial charge in [-0.3, -0.25) is 9.59 Å². The van der Waals surface area contributed by atoms with Crippen molar-refractivity contribution < 1.29 is 4.79 Å². The zero-order valence-corrected chi connectivity index (χ0v) is 26.9.